The minimum absolute atomic E-state index is 0.0161. The number of amides is 1. The van der Waals surface area contributed by atoms with E-state index in [-0.39, 0.29) is 47.7 Å². The number of likely N-dealkylation sites (N-methyl/N-ethyl adjacent to an activating group) is 2. The first-order valence-corrected chi connectivity index (χ1v) is 9.66. The van der Waals surface area contributed by atoms with E-state index in [1.165, 1.54) is 11.8 Å². The molecule has 0 spiro atoms. The summed E-state index contributed by atoms with van der Waals surface area (Å²) in [4.78, 5) is 37.0. The second kappa shape index (κ2) is 11.6. The standard InChI is InChI=1S/C9H15BN2O2.C9H17BN2O/c1-6(13)8-3-7(10)5-12(8)9(14)4-11-2;1-7(13)9-5-8(10)6-12(9)4-3-11-2/h7-8,11H,3-5H2,1-2H3;8-9,11H,3-6H2,1-2H3/p+1/t7-,8-;8-,9-/m11/s1. The van der Waals surface area contributed by atoms with Crippen LogP contribution >= 0.6 is 0 Å². The molecule has 0 aliphatic carbocycles. The van der Waals surface area contributed by atoms with E-state index in [2.05, 4.69) is 10.6 Å². The maximum atomic E-state index is 11.6. The van der Waals surface area contributed by atoms with Gasteiger partial charge in [0.15, 0.2) is 11.6 Å². The van der Waals surface area contributed by atoms with Crippen LogP contribution in [-0.2, 0) is 14.4 Å². The lowest BCUT2D eigenvalue weighted by Gasteiger charge is -2.22. The number of hydrogen-bond donors (Lipinski definition) is 3. The normalized spacial score (nSPS) is 29.9. The van der Waals surface area contributed by atoms with Crippen LogP contribution in [0.15, 0.2) is 0 Å². The monoisotopic (exact) mass is 375 g/mol. The summed E-state index contributed by atoms with van der Waals surface area (Å²) in [6, 6.07) is -0.172. The molecule has 2 rings (SSSR count). The molecule has 0 aromatic carbocycles. The first-order chi connectivity index (χ1) is 12.7. The van der Waals surface area contributed by atoms with E-state index in [4.69, 9.17) is 15.7 Å². The molecule has 2 saturated heterocycles. The zero-order valence-corrected chi connectivity index (χ0v) is 17.1. The highest BCUT2D eigenvalue weighted by Crippen LogP contribution is 2.25. The van der Waals surface area contributed by atoms with Gasteiger partial charge in [-0.05, 0) is 33.3 Å². The van der Waals surface area contributed by atoms with Crippen molar-refractivity contribution in [2.75, 3.05) is 46.8 Å². The van der Waals surface area contributed by atoms with E-state index in [1.807, 2.05) is 7.05 Å². The van der Waals surface area contributed by atoms with Gasteiger partial charge in [0.05, 0.1) is 41.4 Å². The van der Waals surface area contributed by atoms with Crippen molar-refractivity contribution in [2.45, 2.75) is 50.4 Å². The van der Waals surface area contributed by atoms with E-state index in [0.717, 1.165) is 26.1 Å². The van der Waals surface area contributed by atoms with Crippen molar-refractivity contribution in [3.05, 3.63) is 0 Å². The van der Waals surface area contributed by atoms with E-state index >= 15 is 0 Å². The summed E-state index contributed by atoms with van der Waals surface area (Å²) >= 11 is 0. The molecule has 2 aliphatic heterocycles. The molecule has 3 N–H and O–H groups in total. The van der Waals surface area contributed by atoms with Crippen LogP contribution in [0.2, 0.25) is 11.6 Å². The van der Waals surface area contributed by atoms with Gasteiger partial charge in [0.25, 0.3) is 0 Å². The topological polar surface area (TPSA) is 83.0 Å². The van der Waals surface area contributed by atoms with E-state index < -0.39 is 0 Å². The van der Waals surface area contributed by atoms with Crippen LogP contribution in [-0.4, -0.2) is 97.0 Å². The molecule has 1 amide bonds. The van der Waals surface area contributed by atoms with Crippen LogP contribution in [0.5, 0.6) is 0 Å². The Kier molecular flexibility index (Phi) is 10.3. The van der Waals surface area contributed by atoms with Gasteiger partial charge in [0.2, 0.25) is 5.91 Å². The highest BCUT2D eigenvalue weighted by atomic mass is 16.2. The Morgan fingerprint density at radius 1 is 1.04 bits per heavy atom. The highest BCUT2D eigenvalue weighted by Gasteiger charge is 2.36. The average Bonchev–Trinajstić information content (AvgIpc) is 3.16. The zero-order valence-electron chi connectivity index (χ0n) is 17.1. The summed E-state index contributed by atoms with van der Waals surface area (Å²) in [6.07, 6.45) is 1.44. The Hall–Kier alpha value is -1.18. The van der Waals surface area contributed by atoms with Gasteiger partial charge in [0.1, 0.15) is 6.04 Å². The third kappa shape index (κ3) is 7.39. The molecule has 7 nitrogen and oxygen atoms in total. The summed E-state index contributed by atoms with van der Waals surface area (Å²) in [5.41, 5.74) is 0. The van der Waals surface area contributed by atoms with Gasteiger partial charge in [0, 0.05) is 26.4 Å². The third-order valence-corrected chi connectivity index (χ3v) is 5.19. The SMILES string of the molecule is [B][C@@H]1C[C@H](C(C)=O)N(C(=O)CNC)C1.[B][C@@H]1C[C@H](C(C)=O)[NH+](CCNC)C1. The first-order valence-electron chi connectivity index (χ1n) is 9.66. The largest absolute Gasteiger partial charge is 0.332 e. The van der Waals surface area contributed by atoms with Crippen molar-refractivity contribution in [3.63, 3.8) is 0 Å². The third-order valence-electron chi connectivity index (χ3n) is 5.19. The number of carbonyl (C=O) groups is 3. The lowest BCUT2D eigenvalue weighted by atomic mass is 9.85. The maximum absolute atomic E-state index is 11.6. The van der Waals surface area contributed by atoms with Gasteiger partial charge in [-0.15, -0.1) is 0 Å². The van der Waals surface area contributed by atoms with Gasteiger partial charge in [-0.3, -0.25) is 14.4 Å². The lowest BCUT2D eigenvalue weighted by Crippen LogP contribution is -3.15. The van der Waals surface area contributed by atoms with Gasteiger partial charge < -0.3 is 20.4 Å². The van der Waals surface area contributed by atoms with Gasteiger partial charge >= 0.3 is 0 Å². The highest BCUT2D eigenvalue weighted by molar-refractivity contribution is 6.13. The lowest BCUT2D eigenvalue weighted by molar-refractivity contribution is -0.901. The number of carbonyl (C=O) groups excluding carboxylic acids is 3. The number of quaternary nitrogens is 1. The number of ketones is 2. The Morgan fingerprint density at radius 3 is 2.22 bits per heavy atom. The molecule has 0 aromatic heterocycles. The fourth-order valence-corrected chi connectivity index (χ4v) is 3.83. The van der Waals surface area contributed by atoms with Crippen LogP contribution in [0.4, 0.5) is 0 Å². The second-order valence-corrected chi connectivity index (χ2v) is 7.57. The van der Waals surface area contributed by atoms with Crippen molar-refractivity contribution >= 4 is 33.2 Å². The molecule has 2 aliphatic rings. The molecular weight excluding hydrogens is 342 g/mol. The predicted molar refractivity (Wildman–Crippen MR) is 107 cm³/mol. The summed E-state index contributed by atoms with van der Waals surface area (Å²) in [5, 5.41) is 5.87. The molecular formula is C18H33B2N4O3+. The smallest absolute Gasteiger partial charge is 0.237 e. The van der Waals surface area contributed by atoms with Crippen LogP contribution < -0.4 is 15.5 Å². The van der Waals surface area contributed by atoms with Crippen LogP contribution in [0.1, 0.15) is 26.7 Å². The van der Waals surface area contributed by atoms with E-state index in [0.29, 0.717) is 13.0 Å². The molecule has 5 atom stereocenters. The Bertz CT molecular complexity index is 521. The Labute approximate surface area is 165 Å². The number of likely N-dealkylation sites (tertiary alicyclic amines) is 2. The van der Waals surface area contributed by atoms with Crippen LogP contribution in [0.3, 0.4) is 0 Å². The summed E-state index contributed by atoms with van der Waals surface area (Å²) in [6.45, 7) is 6.80. The number of hydrogen-bond acceptors (Lipinski definition) is 5. The fourth-order valence-electron chi connectivity index (χ4n) is 3.83. The molecule has 2 heterocycles. The summed E-state index contributed by atoms with van der Waals surface area (Å²) in [7, 11) is 15.2. The Balaban J connectivity index is 0.000000271. The minimum Gasteiger partial charge on any atom is -0.332 e. The Morgan fingerprint density at radius 2 is 1.70 bits per heavy atom. The number of Topliss-reactive ketones (excluding diaryl/α,β-unsaturated/α-hetero) is 2. The van der Waals surface area contributed by atoms with Crippen molar-refractivity contribution in [1.82, 2.24) is 15.5 Å². The molecule has 4 radical (unpaired) electrons. The average molecular weight is 375 g/mol. The molecule has 9 heteroatoms. The predicted octanol–water partition coefficient (Wildman–Crippen LogP) is -2.24. The minimum atomic E-state index is -0.314. The van der Waals surface area contributed by atoms with Gasteiger partial charge in [-0.25, -0.2) is 0 Å². The zero-order chi connectivity index (χ0) is 20.6. The molecule has 0 bridgehead atoms. The first kappa shape index (κ1) is 23.9. The van der Waals surface area contributed by atoms with Crippen molar-refractivity contribution < 1.29 is 19.3 Å². The van der Waals surface area contributed by atoms with Gasteiger partial charge in [-0.1, -0.05) is 5.82 Å². The van der Waals surface area contributed by atoms with Crippen molar-refractivity contribution in [1.29, 1.82) is 0 Å². The molecule has 1 unspecified atom stereocenters. The molecule has 148 valence electrons. The van der Waals surface area contributed by atoms with E-state index in [1.54, 1.807) is 18.9 Å². The van der Waals surface area contributed by atoms with Crippen molar-refractivity contribution in [3.8, 4) is 0 Å². The van der Waals surface area contributed by atoms with Crippen LogP contribution in [0, 0.1) is 0 Å². The maximum Gasteiger partial charge on any atom is 0.237 e. The molecule has 27 heavy (non-hydrogen) atoms. The quantitative estimate of drug-likeness (QED) is 0.439. The van der Waals surface area contributed by atoms with E-state index in [9.17, 15) is 14.4 Å². The summed E-state index contributed by atoms with van der Waals surface area (Å²) in [5.74, 6) is 0.382. The number of nitrogens with zero attached hydrogens (tertiary/aromatic N) is 1. The van der Waals surface area contributed by atoms with Crippen molar-refractivity contribution in [2.24, 2.45) is 0 Å². The molecule has 0 saturated carbocycles. The fraction of sp³-hybridized carbons (Fsp3) is 0.833. The molecule has 0 aromatic rings. The van der Waals surface area contributed by atoms with Gasteiger partial charge in [-0.2, -0.15) is 0 Å². The second-order valence-electron chi connectivity index (χ2n) is 7.57. The number of nitrogens with one attached hydrogen (secondary N) is 3. The summed E-state index contributed by atoms with van der Waals surface area (Å²) < 4.78 is 0. The molecule has 2 fully saturated rings. The van der Waals surface area contributed by atoms with Crippen LogP contribution in [0.25, 0.3) is 0 Å². The number of rotatable bonds is 7.